The minimum absolute atomic E-state index is 0.129. The van der Waals surface area contributed by atoms with Crippen LogP contribution in [-0.4, -0.2) is 46.8 Å². The highest BCUT2D eigenvalue weighted by Crippen LogP contribution is 2.35. The van der Waals surface area contributed by atoms with Gasteiger partial charge in [0.15, 0.2) is 0 Å². The third-order valence-electron chi connectivity index (χ3n) is 5.76. The highest BCUT2D eigenvalue weighted by molar-refractivity contribution is 6.07. The normalized spacial score (nSPS) is 20.9. The van der Waals surface area contributed by atoms with Crippen LogP contribution in [0, 0.1) is 11.8 Å². The Kier molecular flexibility index (Phi) is 5.05. The number of allylic oxidation sites excluding steroid dienone is 2. The van der Waals surface area contributed by atoms with Gasteiger partial charge in [0.2, 0.25) is 17.7 Å². The van der Waals surface area contributed by atoms with E-state index in [9.17, 15) is 19.2 Å². The molecule has 1 saturated heterocycles. The number of hydrogen-bond acceptors (Lipinski definition) is 5. The maximum atomic E-state index is 12.8. The number of imide groups is 1. The van der Waals surface area contributed by atoms with E-state index in [2.05, 4.69) is 0 Å². The van der Waals surface area contributed by atoms with Crippen molar-refractivity contribution in [3.05, 3.63) is 48.2 Å². The van der Waals surface area contributed by atoms with Gasteiger partial charge >= 0.3 is 5.97 Å². The van der Waals surface area contributed by atoms with Crippen LogP contribution in [-0.2, 0) is 14.3 Å². The first-order chi connectivity index (χ1) is 14.0. The van der Waals surface area contributed by atoms with Crippen LogP contribution in [0.25, 0.3) is 10.9 Å². The maximum absolute atomic E-state index is 12.8. The maximum Gasteiger partial charge on any atom is 0.340 e. The molecule has 0 saturated carbocycles. The van der Waals surface area contributed by atoms with E-state index in [4.69, 9.17) is 4.74 Å². The van der Waals surface area contributed by atoms with Gasteiger partial charge in [-0.25, -0.2) is 4.79 Å². The van der Waals surface area contributed by atoms with Gasteiger partial charge in [-0.15, -0.1) is 0 Å². The molecular weight excluding hydrogens is 372 g/mol. The standard InChI is InChI=1S/C22H22N2O5/c1-29-22(28)17-13-24(18-10-5-4-7-14(17)18)19(25)11-6-12-23-20(26)15-8-2-3-9-16(15)21(23)27/h2-5,7,10,13,15-16H,6,8-9,11-12H2,1H3/t15-,16-/m0/s1. The van der Waals surface area contributed by atoms with Crippen LogP contribution in [0.5, 0.6) is 0 Å². The summed E-state index contributed by atoms with van der Waals surface area (Å²) in [5.41, 5.74) is 0.959. The van der Waals surface area contributed by atoms with E-state index >= 15 is 0 Å². The Bertz CT molecular complexity index is 1010. The van der Waals surface area contributed by atoms with Gasteiger partial charge in [0.25, 0.3) is 0 Å². The summed E-state index contributed by atoms with van der Waals surface area (Å²) < 4.78 is 6.25. The lowest BCUT2D eigenvalue weighted by molar-refractivity contribution is -0.139. The van der Waals surface area contributed by atoms with E-state index in [1.807, 2.05) is 12.2 Å². The van der Waals surface area contributed by atoms with Crippen molar-refractivity contribution in [3.8, 4) is 0 Å². The summed E-state index contributed by atoms with van der Waals surface area (Å²) in [7, 11) is 1.30. The van der Waals surface area contributed by atoms with Crippen molar-refractivity contribution in [2.24, 2.45) is 11.8 Å². The quantitative estimate of drug-likeness (QED) is 0.442. The highest BCUT2D eigenvalue weighted by Gasteiger charge is 2.46. The molecule has 0 unspecified atom stereocenters. The zero-order valence-electron chi connectivity index (χ0n) is 16.2. The Morgan fingerprint density at radius 3 is 2.38 bits per heavy atom. The molecule has 4 rings (SSSR count). The largest absolute Gasteiger partial charge is 0.465 e. The second-order valence-corrected chi connectivity index (χ2v) is 7.40. The van der Waals surface area contributed by atoms with Crippen molar-refractivity contribution in [3.63, 3.8) is 0 Å². The van der Waals surface area contributed by atoms with E-state index in [1.165, 1.54) is 22.8 Å². The number of carbonyl (C=O) groups is 4. The monoisotopic (exact) mass is 394 g/mol. The predicted molar refractivity (Wildman–Crippen MR) is 105 cm³/mol. The number of nitrogens with zero attached hydrogens (tertiary/aromatic N) is 2. The van der Waals surface area contributed by atoms with Gasteiger partial charge < -0.3 is 4.74 Å². The van der Waals surface area contributed by atoms with Crippen molar-refractivity contribution in [2.45, 2.75) is 25.7 Å². The van der Waals surface area contributed by atoms with Crippen LogP contribution in [0.4, 0.5) is 0 Å². The van der Waals surface area contributed by atoms with E-state index in [0.717, 1.165) is 0 Å². The molecule has 1 aromatic carbocycles. The summed E-state index contributed by atoms with van der Waals surface area (Å²) >= 11 is 0. The molecule has 1 aliphatic carbocycles. The number of amides is 2. The van der Waals surface area contributed by atoms with Gasteiger partial charge in [-0.1, -0.05) is 30.4 Å². The van der Waals surface area contributed by atoms with Gasteiger partial charge in [-0.05, 0) is 25.3 Å². The molecule has 0 N–H and O–H groups in total. The molecule has 29 heavy (non-hydrogen) atoms. The van der Waals surface area contributed by atoms with E-state index in [0.29, 0.717) is 35.7 Å². The van der Waals surface area contributed by atoms with Gasteiger partial charge in [-0.2, -0.15) is 0 Å². The number of carbonyl (C=O) groups excluding carboxylic acids is 4. The number of para-hydroxylation sites is 1. The summed E-state index contributed by atoms with van der Waals surface area (Å²) in [6, 6.07) is 7.13. The molecule has 1 fully saturated rings. The molecule has 0 spiro atoms. The van der Waals surface area contributed by atoms with Crippen LogP contribution in [0.1, 0.15) is 40.8 Å². The molecule has 7 heteroatoms. The van der Waals surface area contributed by atoms with Crippen LogP contribution in [0.15, 0.2) is 42.6 Å². The van der Waals surface area contributed by atoms with Crippen LogP contribution in [0.3, 0.4) is 0 Å². The summed E-state index contributed by atoms with van der Waals surface area (Å²) in [4.78, 5) is 51.1. The second kappa shape index (κ2) is 7.66. The Morgan fingerprint density at radius 1 is 1.07 bits per heavy atom. The molecule has 2 aromatic rings. The van der Waals surface area contributed by atoms with Gasteiger partial charge in [0.05, 0.1) is 30.0 Å². The number of fused-ring (bicyclic) bond motifs is 2. The van der Waals surface area contributed by atoms with Crippen LogP contribution < -0.4 is 0 Å². The first-order valence-corrected chi connectivity index (χ1v) is 9.74. The van der Waals surface area contributed by atoms with Crippen molar-refractivity contribution in [1.82, 2.24) is 9.47 Å². The topological polar surface area (TPSA) is 85.7 Å². The molecule has 1 aromatic heterocycles. The summed E-state index contributed by atoms with van der Waals surface area (Å²) in [5, 5.41) is 0.647. The third kappa shape index (κ3) is 3.26. The number of hydrogen-bond donors (Lipinski definition) is 0. The smallest absolute Gasteiger partial charge is 0.340 e. The molecule has 2 aliphatic rings. The lowest BCUT2D eigenvalue weighted by Gasteiger charge is -2.14. The minimum atomic E-state index is -0.503. The van der Waals surface area contributed by atoms with Gasteiger partial charge in [-0.3, -0.25) is 23.9 Å². The zero-order chi connectivity index (χ0) is 20.5. The Hall–Kier alpha value is -3.22. The van der Waals surface area contributed by atoms with Gasteiger partial charge in [0.1, 0.15) is 0 Å². The van der Waals surface area contributed by atoms with Crippen molar-refractivity contribution < 1.29 is 23.9 Å². The van der Waals surface area contributed by atoms with E-state index in [-0.39, 0.29) is 42.5 Å². The number of ether oxygens (including phenoxy) is 1. The fraction of sp³-hybridized carbons (Fsp3) is 0.364. The van der Waals surface area contributed by atoms with Crippen LogP contribution in [0.2, 0.25) is 0 Å². The Balaban J connectivity index is 1.45. The number of aromatic nitrogens is 1. The number of benzene rings is 1. The zero-order valence-corrected chi connectivity index (χ0v) is 16.2. The first kappa shape index (κ1) is 19.1. The average Bonchev–Trinajstić information content (AvgIpc) is 3.25. The summed E-state index contributed by atoms with van der Waals surface area (Å²) in [6.07, 6.45) is 7.15. The third-order valence-corrected chi connectivity index (χ3v) is 5.76. The van der Waals surface area contributed by atoms with Crippen LogP contribution >= 0.6 is 0 Å². The number of likely N-dealkylation sites (tertiary alicyclic amines) is 1. The van der Waals surface area contributed by atoms with Crippen molar-refractivity contribution >= 4 is 34.6 Å². The molecule has 0 radical (unpaired) electrons. The molecule has 2 atom stereocenters. The fourth-order valence-corrected chi connectivity index (χ4v) is 4.26. The minimum Gasteiger partial charge on any atom is -0.465 e. The van der Waals surface area contributed by atoms with Crippen molar-refractivity contribution in [1.29, 1.82) is 0 Å². The lowest BCUT2D eigenvalue weighted by Crippen LogP contribution is -2.32. The molecule has 2 heterocycles. The molecule has 2 amide bonds. The average molecular weight is 394 g/mol. The molecule has 0 bridgehead atoms. The second-order valence-electron chi connectivity index (χ2n) is 7.40. The lowest BCUT2D eigenvalue weighted by atomic mass is 9.85. The number of methoxy groups -OCH3 is 1. The Labute approximate surface area is 167 Å². The molecular formula is C22H22N2O5. The Morgan fingerprint density at radius 2 is 1.72 bits per heavy atom. The molecule has 150 valence electrons. The summed E-state index contributed by atoms with van der Waals surface area (Å²) in [6.45, 7) is 0.236. The number of esters is 1. The first-order valence-electron chi connectivity index (χ1n) is 9.74. The highest BCUT2D eigenvalue weighted by atomic mass is 16.5. The van der Waals surface area contributed by atoms with Gasteiger partial charge in [0, 0.05) is 24.5 Å². The van der Waals surface area contributed by atoms with E-state index in [1.54, 1.807) is 24.3 Å². The molecule has 1 aliphatic heterocycles. The predicted octanol–water partition coefficient (Wildman–Crippen LogP) is 2.80. The SMILES string of the molecule is COC(=O)c1cn(C(=O)CCCN2C(=O)[C@H]3CC=CC[C@@H]3C2=O)c2ccccc12. The van der Waals surface area contributed by atoms with E-state index < -0.39 is 5.97 Å². The number of rotatable bonds is 5. The fourth-order valence-electron chi connectivity index (χ4n) is 4.26. The van der Waals surface area contributed by atoms with Crippen molar-refractivity contribution in [2.75, 3.05) is 13.7 Å². The molecule has 7 nitrogen and oxygen atoms in total. The summed E-state index contributed by atoms with van der Waals surface area (Å²) in [5.74, 6) is -1.46.